The number of halogens is 2. The Morgan fingerprint density at radius 1 is 1.14 bits per heavy atom. The van der Waals surface area contributed by atoms with E-state index in [1.54, 1.807) is 0 Å². The number of likely N-dealkylation sites (N-methyl/N-ethyl adjacent to an activating group) is 1. The van der Waals surface area contributed by atoms with Gasteiger partial charge in [-0.2, -0.15) is 0 Å². The standard InChI is InChI=1S/C18H19Cl2N/c1-21-18(16-11-13(19)9-10-17(16)20)15-8-4-6-12-5-2-3-7-14(12)15/h2-3,5,7,9-11,15,18,21H,4,6,8H2,1H3. The van der Waals surface area contributed by atoms with Crippen molar-refractivity contribution in [3.8, 4) is 0 Å². The summed E-state index contributed by atoms with van der Waals surface area (Å²) < 4.78 is 0. The molecule has 0 bridgehead atoms. The van der Waals surface area contributed by atoms with Gasteiger partial charge in [-0.15, -0.1) is 0 Å². The van der Waals surface area contributed by atoms with Gasteiger partial charge in [0, 0.05) is 22.0 Å². The smallest absolute Gasteiger partial charge is 0.0455 e. The molecule has 0 aliphatic heterocycles. The number of hydrogen-bond donors (Lipinski definition) is 1. The van der Waals surface area contributed by atoms with Crippen molar-refractivity contribution < 1.29 is 0 Å². The van der Waals surface area contributed by atoms with Crippen molar-refractivity contribution in [1.82, 2.24) is 5.32 Å². The Morgan fingerprint density at radius 2 is 1.95 bits per heavy atom. The Balaban J connectivity index is 2.03. The summed E-state index contributed by atoms with van der Waals surface area (Å²) in [5.41, 5.74) is 4.00. The first-order chi connectivity index (χ1) is 10.2. The summed E-state index contributed by atoms with van der Waals surface area (Å²) in [6.45, 7) is 0. The molecule has 0 radical (unpaired) electrons. The first-order valence-electron chi connectivity index (χ1n) is 7.40. The van der Waals surface area contributed by atoms with E-state index in [9.17, 15) is 0 Å². The maximum absolute atomic E-state index is 6.42. The van der Waals surface area contributed by atoms with Crippen LogP contribution in [0.1, 0.15) is 41.5 Å². The number of rotatable bonds is 3. The average molecular weight is 320 g/mol. The van der Waals surface area contributed by atoms with E-state index in [1.165, 1.54) is 30.4 Å². The molecule has 0 saturated carbocycles. The summed E-state index contributed by atoms with van der Waals surface area (Å²) in [5, 5.41) is 4.97. The lowest BCUT2D eigenvalue weighted by molar-refractivity contribution is 0.425. The molecule has 0 saturated heterocycles. The van der Waals surface area contributed by atoms with Gasteiger partial charge >= 0.3 is 0 Å². The van der Waals surface area contributed by atoms with Gasteiger partial charge < -0.3 is 5.32 Å². The molecule has 1 N–H and O–H groups in total. The summed E-state index contributed by atoms with van der Waals surface area (Å²) in [7, 11) is 2.00. The van der Waals surface area contributed by atoms with E-state index in [2.05, 4.69) is 29.6 Å². The maximum Gasteiger partial charge on any atom is 0.0455 e. The lowest BCUT2D eigenvalue weighted by atomic mass is 9.77. The summed E-state index contributed by atoms with van der Waals surface area (Å²) in [6, 6.07) is 14.7. The fraction of sp³-hybridized carbons (Fsp3) is 0.333. The SMILES string of the molecule is CNC(c1cc(Cl)ccc1Cl)C1CCCc2ccccc21. The molecule has 0 amide bonds. The van der Waals surface area contributed by atoms with Crippen LogP contribution in [0.4, 0.5) is 0 Å². The number of benzene rings is 2. The van der Waals surface area contributed by atoms with Gasteiger partial charge in [0.2, 0.25) is 0 Å². The molecule has 2 atom stereocenters. The Bertz CT molecular complexity index is 639. The zero-order chi connectivity index (χ0) is 14.8. The Labute approximate surface area is 136 Å². The lowest BCUT2D eigenvalue weighted by Gasteiger charge is -2.33. The molecular weight excluding hydrogens is 301 g/mol. The van der Waals surface area contributed by atoms with Crippen molar-refractivity contribution in [3.63, 3.8) is 0 Å². The van der Waals surface area contributed by atoms with Crippen LogP contribution in [-0.4, -0.2) is 7.05 Å². The van der Waals surface area contributed by atoms with E-state index in [-0.39, 0.29) is 6.04 Å². The third kappa shape index (κ3) is 2.96. The highest BCUT2D eigenvalue weighted by Gasteiger charge is 2.29. The molecule has 0 fully saturated rings. The van der Waals surface area contributed by atoms with Crippen molar-refractivity contribution in [2.24, 2.45) is 0 Å². The first kappa shape index (κ1) is 14.9. The Morgan fingerprint density at radius 3 is 2.76 bits per heavy atom. The van der Waals surface area contributed by atoms with E-state index in [1.807, 2.05) is 25.2 Å². The number of fused-ring (bicyclic) bond motifs is 1. The van der Waals surface area contributed by atoms with E-state index in [0.717, 1.165) is 15.6 Å². The minimum Gasteiger partial charge on any atom is -0.312 e. The summed E-state index contributed by atoms with van der Waals surface area (Å²) in [6.07, 6.45) is 3.57. The summed E-state index contributed by atoms with van der Waals surface area (Å²) >= 11 is 12.6. The molecule has 0 spiro atoms. The van der Waals surface area contributed by atoms with Gasteiger partial charge in [0.25, 0.3) is 0 Å². The van der Waals surface area contributed by atoms with E-state index < -0.39 is 0 Å². The second-order valence-electron chi connectivity index (χ2n) is 5.63. The van der Waals surface area contributed by atoms with Crippen LogP contribution < -0.4 is 5.32 Å². The van der Waals surface area contributed by atoms with Crippen molar-refractivity contribution in [2.75, 3.05) is 7.05 Å². The molecule has 0 heterocycles. The van der Waals surface area contributed by atoms with Crippen LogP contribution in [0.5, 0.6) is 0 Å². The quantitative estimate of drug-likeness (QED) is 0.801. The second kappa shape index (κ2) is 6.39. The highest BCUT2D eigenvalue weighted by molar-refractivity contribution is 6.33. The fourth-order valence-corrected chi connectivity index (χ4v) is 3.88. The fourth-order valence-electron chi connectivity index (χ4n) is 3.46. The lowest BCUT2D eigenvalue weighted by Crippen LogP contribution is -2.27. The molecule has 0 aromatic heterocycles. The maximum atomic E-state index is 6.42. The molecule has 110 valence electrons. The van der Waals surface area contributed by atoms with Gasteiger partial charge in [-0.25, -0.2) is 0 Å². The highest BCUT2D eigenvalue weighted by Crippen LogP contribution is 2.42. The molecule has 2 unspecified atom stereocenters. The Hall–Kier alpha value is -1.02. The molecule has 2 aromatic carbocycles. The minimum atomic E-state index is 0.192. The molecular formula is C18H19Cl2N. The minimum absolute atomic E-state index is 0.192. The largest absolute Gasteiger partial charge is 0.312 e. The zero-order valence-corrected chi connectivity index (χ0v) is 13.6. The number of nitrogens with one attached hydrogen (secondary N) is 1. The zero-order valence-electron chi connectivity index (χ0n) is 12.1. The van der Waals surface area contributed by atoms with E-state index in [0.29, 0.717) is 5.92 Å². The van der Waals surface area contributed by atoms with Gasteiger partial charge in [0.15, 0.2) is 0 Å². The molecule has 1 aliphatic rings. The van der Waals surface area contributed by atoms with Crippen molar-refractivity contribution in [2.45, 2.75) is 31.2 Å². The molecule has 3 rings (SSSR count). The van der Waals surface area contributed by atoms with Gasteiger partial charge in [0.05, 0.1) is 0 Å². The van der Waals surface area contributed by atoms with Gasteiger partial charge in [-0.05, 0) is 61.2 Å². The van der Waals surface area contributed by atoms with Crippen LogP contribution in [0.3, 0.4) is 0 Å². The second-order valence-corrected chi connectivity index (χ2v) is 6.47. The normalized spacial score (nSPS) is 19.1. The van der Waals surface area contributed by atoms with Crippen LogP contribution >= 0.6 is 23.2 Å². The predicted molar refractivity (Wildman–Crippen MR) is 90.4 cm³/mol. The van der Waals surface area contributed by atoms with Gasteiger partial charge in [-0.1, -0.05) is 47.5 Å². The summed E-state index contributed by atoms with van der Waals surface area (Å²) in [4.78, 5) is 0. The van der Waals surface area contributed by atoms with Crippen molar-refractivity contribution >= 4 is 23.2 Å². The van der Waals surface area contributed by atoms with Crippen molar-refractivity contribution in [1.29, 1.82) is 0 Å². The molecule has 1 aliphatic carbocycles. The third-order valence-corrected chi connectivity index (χ3v) is 5.00. The van der Waals surface area contributed by atoms with Crippen LogP contribution in [0.25, 0.3) is 0 Å². The average Bonchev–Trinajstić information content (AvgIpc) is 2.51. The molecule has 2 aromatic rings. The van der Waals surface area contributed by atoms with Crippen LogP contribution in [0.2, 0.25) is 10.0 Å². The van der Waals surface area contributed by atoms with E-state index in [4.69, 9.17) is 23.2 Å². The Kier molecular flexibility index (Phi) is 4.54. The number of aryl methyl sites for hydroxylation is 1. The van der Waals surface area contributed by atoms with Crippen LogP contribution in [0.15, 0.2) is 42.5 Å². The third-order valence-electron chi connectivity index (χ3n) is 4.42. The topological polar surface area (TPSA) is 12.0 Å². The van der Waals surface area contributed by atoms with Crippen molar-refractivity contribution in [3.05, 3.63) is 69.2 Å². The highest BCUT2D eigenvalue weighted by atomic mass is 35.5. The van der Waals surface area contributed by atoms with Gasteiger partial charge in [-0.3, -0.25) is 0 Å². The molecule has 1 nitrogen and oxygen atoms in total. The molecule has 3 heteroatoms. The monoisotopic (exact) mass is 319 g/mol. The van der Waals surface area contributed by atoms with Crippen LogP contribution in [0, 0.1) is 0 Å². The first-order valence-corrected chi connectivity index (χ1v) is 8.16. The predicted octanol–water partition coefficient (Wildman–Crippen LogP) is 5.37. The van der Waals surface area contributed by atoms with Crippen LogP contribution in [-0.2, 0) is 6.42 Å². The number of hydrogen-bond acceptors (Lipinski definition) is 1. The van der Waals surface area contributed by atoms with E-state index >= 15 is 0 Å². The van der Waals surface area contributed by atoms with Gasteiger partial charge in [0.1, 0.15) is 0 Å². The summed E-state index contributed by atoms with van der Waals surface area (Å²) in [5.74, 6) is 0.441. The molecule has 21 heavy (non-hydrogen) atoms.